The first kappa shape index (κ1) is 12.6. The van der Waals surface area contributed by atoms with Crippen LogP contribution in [0.2, 0.25) is 0 Å². The van der Waals surface area contributed by atoms with Gasteiger partial charge in [0.25, 0.3) is 5.91 Å². The summed E-state index contributed by atoms with van der Waals surface area (Å²) >= 11 is 1.43. The maximum absolute atomic E-state index is 12.2. The summed E-state index contributed by atoms with van der Waals surface area (Å²) in [5.74, 6) is -0.0319. The Labute approximate surface area is 110 Å². The highest BCUT2D eigenvalue weighted by molar-refractivity contribution is 7.07. The van der Waals surface area contributed by atoms with Crippen LogP contribution in [0.15, 0.2) is 35.2 Å². The summed E-state index contributed by atoms with van der Waals surface area (Å²) in [7, 11) is 0. The summed E-state index contributed by atoms with van der Waals surface area (Å²) in [5.41, 5.74) is 9.61. The van der Waals surface area contributed by atoms with Crippen molar-refractivity contribution in [1.29, 1.82) is 0 Å². The molecule has 2 aromatic rings. The fourth-order valence-corrected chi connectivity index (χ4v) is 2.18. The predicted octanol–water partition coefficient (Wildman–Crippen LogP) is 2.39. The van der Waals surface area contributed by atoms with Gasteiger partial charge >= 0.3 is 0 Å². The van der Waals surface area contributed by atoms with E-state index in [1.807, 2.05) is 31.2 Å². The largest absolute Gasteiger partial charge is 0.399 e. The molecule has 0 aliphatic carbocycles. The molecule has 0 fully saturated rings. The second kappa shape index (κ2) is 5.64. The van der Waals surface area contributed by atoms with Crippen LogP contribution in [0.1, 0.15) is 23.0 Å². The lowest BCUT2D eigenvalue weighted by atomic mass is 10.2. The van der Waals surface area contributed by atoms with Crippen LogP contribution in [0.4, 0.5) is 5.69 Å². The Bertz CT molecular complexity index is 508. The van der Waals surface area contributed by atoms with Gasteiger partial charge in [-0.2, -0.15) is 0 Å². The summed E-state index contributed by atoms with van der Waals surface area (Å²) in [4.78, 5) is 18.0. The monoisotopic (exact) mass is 261 g/mol. The van der Waals surface area contributed by atoms with E-state index in [2.05, 4.69) is 4.98 Å². The number of thiazole rings is 1. The highest BCUT2D eigenvalue weighted by Gasteiger charge is 2.15. The van der Waals surface area contributed by atoms with Crippen LogP contribution in [0.25, 0.3) is 0 Å². The molecule has 5 heteroatoms. The van der Waals surface area contributed by atoms with Crippen molar-refractivity contribution in [2.45, 2.75) is 13.5 Å². The first-order chi connectivity index (χ1) is 8.70. The first-order valence-corrected chi connectivity index (χ1v) is 6.67. The number of aromatic nitrogens is 1. The fourth-order valence-electron chi connectivity index (χ4n) is 1.65. The molecule has 18 heavy (non-hydrogen) atoms. The summed E-state index contributed by atoms with van der Waals surface area (Å²) in [6.07, 6.45) is 0. The molecule has 1 aromatic heterocycles. The molecule has 1 heterocycles. The molecule has 0 saturated heterocycles. The zero-order chi connectivity index (χ0) is 13.0. The fraction of sp³-hybridized carbons (Fsp3) is 0.231. The molecule has 0 unspecified atom stereocenters. The number of rotatable bonds is 4. The molecule has 0 spiro atoms. The molecule has 2 N–H and O–H groups in total. The van der Waals surface area contributed by atoms with Crippen molar-refractivity contribution < 1.29 is 4.79 Å². The molecular formula is C13H15N3OS. The minimum absolute atomic E-state index is 0.0319. The van der Waals surface area contributed by atoms with Crippen molar-refractivity contribution in [2.75, 3.05) is 12.3 Å². The Morgan fingerprint density at radius 1 is 1.39 bits per heavy atom. The maximum Gasteiger partial charge on any atom is 0.273 e. The van der Waals surface area contributed by atoms with Gasteiger partial charge in [-0.3, -0.25) is 4.79 Å². The van der Waals surface area contributed by atoms with Crippen LogP contribution >= 0.6 is 11.3 Å². The Morgan fingerprint density at radius 2 is 2.11 bits per heavy atom. The SMILES string of the molecule is CCN(Cc1ccc(N)cc1)C(=O)c1cscn1. The number of hydrogen-bond donors (Lipinski definition) is 1. The van der Waals surface area contributed by atoms with Crippen LogP contribution in [-0.2, 0) is 6.54 Å². The molecule has 1 amide bonds. The number of anilines is 1. The zero-order valence-corrected chi connectivity index (χ0v) is 11.0. The molecule has 94 valence electrons. The molecule has 1 aromatic carbocycles. The molecule has 4 nitrogen and oxygen atoms in total. The Morgan fingerprint density at radius 3 is 2.67 bits per heavy atom. The quantitative estimate of drug-likeness (QED) is 0.860. The van der Waals surface area contributed by atoms with Gasteiger partial charge in [-0.15, -0.1) is 11.3 Å². The number of carbonyl (C=O) groups excluding carboxylic acids is 1. The second-order valence-electron chi connectivity index (χ2n) is 3.93. The van der Waals surface area contributed by atoms with Crippen molar-refractivity contribution in [1.82, 2.24) is 9.88 Å². The third-order valence-corrected chi connectivity index (χ3v) is 3.26. The van der Waals surface area contributed by atoms with Crippen molar-refractivity contribution in [3.63, 3.8) is 0 Å². The number of nitrogen functional groups attached to an aromatic ring is 1. The molecule has 0 bridgehead atoms. The van der Waals surface area contributed by atoms with E-state index < -0.39 is 0 Å². The molecular weight excluding hydrogens is 246 g/mol. The van der Waals surface area contributed by atoms with Gasteiger partial charge in [-0.25, -0.2) is 4.98 Å². The van der Waals surface area contributed by atoms with Gasteiger partial charge in [-0.05, 0) is 24.6 Å². The Hall–Kier alpha value is -1.88. The number of nitrogens with two attached hydrogens (primary N) is 1. The van der Waals surface area contributed by atoms with Crippen LogP contribution in [0.3, 0.4) is 0 Å². The molecule has 0 atom stereocenters. The number of carbonyl (C=O) groups is 1. The summed E-state index contributed by atoms with van der Waals surface area (Å²) < 4.78 is 0. The van der Waals surface area contributed by atoms with Crippen LogP contribution < -0.4 is 5.73 Å². The minimum Gasteiger partial charge on any atom is -0.399 e. The van der Waals surface area contributed by atoms with Gasteiger partial charge in [-0.1, -0.05) is 12.1 Å². The number of nitrogens with zero attached hydrogens (tertiary/aromatic N) is 2. The van der Waals surface area contributed by atoms with Crippen LogP contribution in [-0.4, -0.2) is 22.3 Å². The topological polar surface area (TPSA) is 59.2 Å². The molecule has 0 saturated carbocycles. The van der Waals surface area contributed by atoms with Gasteiger partial charge in [0.2, 0.25) is 0 Å². The maximum atomic E-state index is 12.2. The van der Waals surface area contributed by atoms with Gasteiger partial charge in [0.15, 0.2) is 0 Å². The molecule has 2 rings (SSSR count). The average Bonchev–Trinajstić information content (AvgIpc) is 2.91. The van der Waals surface area contributed by atoms with Crippen molar-refractivity contribution in [3.8, 4) is 0 Å². The zero-order valence-electron chi connectivity index (χ0n) is 10.2. The standard InChI is InChI=1S/C13H15N3OS/c1-2-16(13(17)12-8-18-9-15-12)7-10-3-5-11(14)6-4-10/h3-6,8-9H,2,7,14H2,1H3. The molecule has 0 aliphatic rings. The summed E-state index contributed by atoms with van der Waals surface area (Å²) in [6.45, 7) is 3.19. The van der Waals surface area contributed by atoms with Crippen molar-refractivity contribution in [3.05, 3.63) is 46.4 Å². The smallest absolute Gasteiger partial charge is 0.273 e. The second-order valence-corrected chi connectivity index (χ2v) is 4.65. The lowest BCUT2D eigenvalue weighted by molar-refractivity contribution is 0.0747. The van der Waals surface area contributed by atoms with Gasteiger partial charge in [0.05, 0.1) is 5.51 Å². The average molecular weight is 261 g/mol. The predicted molar refractivity (Wildman–Crippen MR) is 73.4 cm³/mol. The highest BCUT2D eigenvalue weighted by atomic mass is 32.1. The highest BCUT2D eigenvalue weighted by Crippen LogP contribution is 2.12. The minimum atomic E-state index is -0.0319. The van der Waals surface area contributed by atoms with E-state index in [-0.39, 0.29) is 5.91 Å². The van der Waals surface area contributed by atoms with E-state index in [1.165, 1.54) is 11.3 Å². The Balaban J connectivity index is 2.10. The number of amides is 1. The van der Waals surface area contributed by atoms with Gasteiger partial charge in [0, 0.05) is 24.2 Å². The van der Waals surface area contributed by atoms with E-state index in [1.54, 1.807) is 15.8 Å². The molecule has 0 aliphatic heterocycles. The Kier molecular flexibility index (Phi) is 3.94. The first-order valence-electron chi connectivity index (χ1n) is 5.72. The third-order valence-electron chi connectivity index (χ3n) is 2.67. The number of benzene rings is 1. The van der Waals surface area contributed by atoms with Gasteiger partial charge < -0.3 is 10.6 Å². The van der Waals surface area contributed by atoms with E-state index in [9.17, 15) is 4.79 Å². The summed E-state index contributed by atoms with van der Waals surface area (Å²) in [5, 5.41) is 1.77. The molecule has 0 radical (unpaired) electrons. The van der Waals surface area contributed by atoms with Crippen LogP contribution in [0.5, 0.6) is 0 Å². The lowest BCUT2D eigenvalue weighted by Gasteiger charge is -2.20. The normalized spacial score (nSPS) is 10.3. The van der Waals surface area contributed by atoms with E-state index in [0.29, 0.717) is 18.8 Å². The number of hydrogen-bond acceptors (Lipinski definition) is 4. The van der Waals surface area contributed by atoms with Gasteiger partial charge in [0.1, 0.15) is 5.69 Å². The van der Waals surface area contributed by atoms with E-state index >= 15 is 0 Å². The third kappa shape index (κ3) is 2.87. The van der Waals surface area contributed by atoms with Crippen LogP contribution in [0, 0.1) is 0 Å². The lowest BCUT2D eigenvalue weighted by Crippen LogP contribution is -2.30. The summed E-state index contributed by atoms with van der Waals surface area (Å²) in [6, 6.07) is 7.56. The van der Waals surface area contributed by atoms with E-state index in [0.717, 1.165) is 11.3 Å². The van der Waals surface area contributed by atoms with Crippen molar-refractivity contribution >= 4 is 22.9 Å². The van der Waals surface area contributed by atoms with Crippen molar-refractivity contribution in [2.24, 2.45) is 0 Å². The van der Waals surface area contributed by atoms with E-state index in [4.69, 9.17) is 5.73 Å².